The predicted molar refractivity (Wildman–Crippen MR) is 153 cm³/mol. The van der Waals surface area contributed by atoms with Crippen molar-refractivity contribution in [2.75, 3.05) is 13.7 Å². The first-order valence-corrected chi connectivity index (χ1v) is 12.8. The predicted octanol–water partition coefficient (Wildman–Crippen LogP) is 1.89. The Kier molecular flexibility index (Phi) is 13.0. The second-order valence-corrected chi connectivity index (χ2v) is 8.78. The highest BCUT2D eigenvalue weighted by molar-refractivity contribution is 5.96. The Morgan fingerprint density at radius 2 is 1.05 bits per heavy atom. The Balaban J connectivity index is 2.07. The number of benzene rings is 2. The van der Waals surface area contributed by atoms with Crippen molar-refractivity contribution in [2.24, 2.45) is 0 Å². The first-order chi connectivity index (χ1) is 20.8. The second-order valence-electron chi connectivity index (χ2n) is 8.78. The zero-order valence-electron chi connectivity index (χ0n) is 24.5. The highest BCUT2D eigenvalue weighted by Crippen LogP contribution is 2.30. The van der Waals surface area contributed by atoms with Crippen LogP contribution in [-0.2, 0) is 38.3 Å². The minimum absolute atomic E-state index is 0.00805. The van der Waals surface area contributed by atoms with Crippen molar-refractivity contribution >= 4 is 53.8 Å². The van der Waals surface area contributed by atoms with E-state index in [1.54, 1.807) is 0 Å². The van der Waals surface area contributed by atoms with Gasteiger partial charge in [-0.05, 0) is 47.5 Å². The Hall–Kier alpha value is -5.79. The molecular formula is C30H30N2O12. The van der Waals surface area contributed by atoms with E-state index < -0.39 is 47.7 Å². The molecule has 232 valence electrons. The molecule has 2 aromatic carbocycles. The molecule has 2 N–H and O–H groups in total. The van der Waals surface area contributed by atoms with Crippen LogP contribution in [0.5, 0.6) is 23.0 Å². The van der Waals surface area contributed by atoms with Crippen LogP contribution in [0.3, 0.4) is 0 Å². The van der Waals surface area contributed by atoms with Gasteiger partial charge < -0.3 is 34.3 Å². The van der Waals surface area contributed by atoms with Gasteiger partial charge in [0.25, 0.3) is 0 Å². The van der Waals surface area contributed by atoms with Crippen molar-refractivity contribution < 1.29 is 57.2 Å². The summed E-state index contributed by atoms with van der Waals surface area (Å²) < 4.78 is 24.8. The van der Waals surface area contributed by atoms with Gasteiger partial charge in [-0.25, -0.2) is 4.79 Å². The van der Waals surface area contributed by atoms with Crippen LogP contribution in [0, 0.1) is 0 Å². The van der Waals surface area contributed by atoms with Gasteiger partial charge in [0.1, 0.15) is 6.04 Å². The molecule has 1 unspecified atom stereocenters. The van der Waals surface area contributed by atoms with Gasteiger partial charge in [0.2, 0.25) is 11.8 Å². The summed E-state index contributed by atoms with van der Waals surface area (Å²) in [6.07, 6.45) is 4.96. The molecule has 44 heavy (non-hydrogen) atoms. The van der Waals surface area contributed by atoms with Crippen LogP contribution in [0.2, 0.25) is 0 Å². The Morgan fingerprint density at radius 1 is 0.636 bits per heavy atom. The molecule has 2 rings (SSSR count). The maximum absolute atomic E-state index is 12.5. The molecule has 2 aromatic rings. The van der Waals surface area contributed by atoms with E-state index in [-0.39, 0.29) is 29.5 Å². The molecule has 14 nitrogen and oxygen atoms in total. The molecule has 0 aromatic heterocycles. The van der Waals surface area contributed by atoms with Gasteiger partial charge in [-0.2, -0.15) is 0 Å². The molecule has 14 heteroatoms. The van der Waals surface area contributed by atoms with E-state index in [1.807, 2.05) is 0 Å². The fourth-order valence-corrected chi connectivity index (χ4v) is 3.36. The molecule has 1 atom stereocenters. The number of hydrogen-bond acceptors (Lipinski definition) is 12. The van der Waals surface area contributed by atoms with Crippen molar-refractivity contribution in [1.82, 2.24) is 10.6 Å². The summed E-state index contributed by atoms with van der Waals surface area (Å²) >= 11 is 0. The summed E-state index contributed by atoms with van der Waals surface area (Å²) in [6.45, 7) is 4.38. The van der Waals surface area contributed by atoms with Gasteiger partial charge in [-0.1, -0.05) is 12.1 Å². The Bertz CT molecular complexity index is 1510. The van der Waals surface area contributed by atoms with Crippen LogP contribution < -0.4 is 29.6 Å². The lowest BCUT2D eigenvalue weighted by Gasteiger charge is -2.15. The number of ether oxygens (including phenoxy) is 5. The van der Waals surface area contributed by atoms with Crippen LogP contribution in [0.1, 0.15) is 38.8 Å². The number of carbonyl (C=O) groups is 7. The van der Waals surface area contributed by atoms with Gasteiger partial charge >= 0.3 is 29.8 Å². The molecule has 2 amide bonds. The lowest BCUT2D eigenvalue weighted by molar-refractivity contribution is -0.144. The summed E-state index contributed by atoms with van der Waals surface area (Å²) in [5.74, 6) is -4.76. The first-order valence-electron chi connectivity index (χ1n) is 12.8. The number of carbonyl (C=O) groups excluding carboxylic acids is 7. The lowest BCUT2D eigenvalue weighted by atomic mass is 10.1. The summed E-state index contributed by atoms with van der Waals surface area (Å²) in [4.78, 5) is 82.5. The van der Waals surface area contributed by atoms with E-state index in [9.17, 15) is 33.6 Å². The highest BCUT2D eigenvalue weighted by Gasteiger charge is 2.21. The fraction of sp³-hybridized carbons (Fsp3) is 0.233. The quantitative estimate of drug-likeness (QED) is 0.202. The van der Waals surface area contributed by atoms with Crippen molar-refractivity contribution in [1.29, 1.82) is 0 Å². The van der Waals surface area contributed by atoms with Crippen molar-refractivity contribution in [3.05, 3.63) is 59.7 Å². The number of hydrogen-bond donors (Lipinski definition) is 2. The third-order valence-corrected chi connectivity index (χ3v) is 5.09. The van der Waals surface area contributed by atoms with Gasteiger partial charge in [0.15, 0.2) is 23.0 Å². The molecular weight excluding hydrogens is 580 g/mol. The van der Waals surface area contributed by atoms with E-state index in [0.29, 0.717) is 11.1 Å². The van der Waals surface area contributed by atoms with Crippen LogP contribution in [-0.4, -0.2) is 61.4 Å². The van der Waals surface area contributed by atoms with E-state index >= 15 is 0 Å². The minimum atomic E-state index is -1.25. The average Bonchev–Trinajstić information content (AvgIpc) is 2.93. The summed E-state index contributed by atoms with van der Waals surface area (Å²) in [7, 11) is 1.11. The van der Waals surface area contributed by atoms with Gasteiger partial charge in [-0.3, -0.25) is 28.8 Å². The van der Waals surface area contributed by atoms with Crippen LogP contribution >= 0.6 is 0 Å². The summed E-state index contributed by atoms with van der Waals surface area (Å²) in [5, 5.41) is 4.88. The van der Waals surface area contributed by atoms with Crippen LogP contribution in [0.15, 0.2) is 48.6 Å². The molecule has 0 saturated carbocycles. The largest absolute Gasteiger partial charge is 0.467 e. The van der Waals surface area contributed by atoms with Crippen molar-refractivity contribution in [2.45, 2.75) is 33.7 Å². The average molecular weight is 611 g/mol. The van der Waals surface area contributed by atoms with Crippen molar-refractivity contribution in [3.63, 3.8) is 0 Å². The molecule has 0 saturated heterocycles. The van der Waals surface area contributed by atoms with Gasteiger partial charge in [0, 0.05) is 46.4 Å². The Labute approximate surface area is 251 Å². The van der Waals surface area contributed by atoms with E-state index in [2.05, 4.69) is 10.6 Å². The molecule has 0 aliphatic rings. The highest BCUT2D eigenvalue weighted by atomic mass is 16.6. The first kappa shape index (κ1) is 34.4. The van der Waals surface area contributed by atoms with Gasteiger partial charge in [-0.15, -0.1) is 0 Å². The molecule has 0 heterocycles. The maximum atomic E-state index is 12.5. The Morgan fingerprint density at radius 3 is 1.45 bits per heavy atom. The van der Waals surface area contributed by atoms with Crippen LogP contribution in [0.25, 0.3) is 12.2 Å². The number of methoxy groups -OCH3 is 1. The molecule has 0 radical (unpaired) electrons. The third-order valence-electron chi connectivity index (χ3n) is 5.09. The van der Waals surface area contributed by atoms with Crippen molar-refractivity contribution in [3.8, 4) is 23.0 Å². The molecule has 0 bridgehead atoms. The van der Waals surface area contributed by atoms with E-state index in [4.69, 9.17) is 23.7 Å². The molecule has 0 aliphatic carbocycles. The normalized spacial score (nSPS) is 11.3. The molecule has 0 fully saturated rings. The zero-order chi connectivity index (χ0) is 32.8. The van der Waals surface area contributed by atoms with Gasteiger partial charge in [0.05, 0.1) is 7.11 Å². The van der Waals surface area contributed by atoms with E-state index in [0.717, 1.165) is 19.3 Å². The lowest BCUT2D eigenvalue weighted by Crippen LogP contribution is -2.48. The SMILES string of the molecule is COC(=O)C(CNC(=O)/C=C/c1ccc(OC(C)=O)c(OC(C)=O)c1)NC(=O)/C=C/c1ccc(OC(C)=O)c(OC(C)=O)c1. The topological polar surface area (TPSA) is 190 Å². The molecule has 0 spiro atoms. The number of amides is 2. The number of esters is 5. The summed E-state index contributed by atoms with van der Waals surface area (Å²) in [6, 6.07) is 7.27. The zero-order valence-corrected chi connectivity index (χ0v) is 24.5. The van der Waals surface area contributed by atoms with Crippen LogP contribution in [0.4, 0.5) is 0 Å². The second kappa shape index (κ2) is 16.6. The fourth-order valence-electron chi connectivity index (χ4n) is 3.36. The smallest absolute Gasteiger partial charge is 0.330 e. The number of rotatable bonds is 12. The number of nitrogens with one attached hydrogen (secondary N) is 2. The standard InChI is InChI=1S/C30H30N2O12/c1-17(33)41-24-10-6-21(14-26(24)43-19(3)35)8-12-28(37)31-16-23(30(39)40-5)32-29(38)13-9-22-7-11-25(42-18(2)34)27(15-22)44-20(4)36/h6-15,23H,16H2,1-5H3,(H,31,37)(H,32,38)/b12-8+,13-9+. The monoisotopic (exact) mass is 610 g/mol. The molecule has 0 aliphatic heterocycles. The summed E-state index contributed by atoms with van der Waals surface area (Å²) in [5.41, 5.74) is 0.825. The minimum Gasteiger partial charge on any atom is -0.467 e. The maximum Gasteiger partial charge on any atom is 0.330 e. The van der Waals surface area contributed by atoms with E-state index in [1.165, 1.54) is 76.2 Å². The third kappa shape index (κ3) is 12.0.